The maximum absolute atomic E-state index is 12.3. The maximum Gasteiger partial charge on any atom is 0.389 e. The number of halogens is 5. The van der Waals surface area contributed by atoms with Gasteiger partial charge in [-0.1, -0.05) is 18.2 Å². The minimum Gasteiger partial charge on any atom is -0.480 e. The van der Waals surface area contributed by atoms with E-state index in [0.717, 1.165) is 0 Å². The third kappa shape index (κ3) is 6.62. The highest BCUT2D eigenvalue weighted by molar-refractivity contribution is 5.97. The Hall–Kier alpha value is -2.19. The molecular weight excluding hydrogens is 325 g/mol. The molecule has 1 amide bonds. The quantitative estimate of drug-likeness (QED) is 0.751. The number of rotatable bonds is 7. The molecule has 1 unspecified atom stereocenters. The fraction of sp³-hybridized carbons (Fsp3) is 0.429. The van der Waals surface area contributed by atoms with Crippen molar-refractivity contribution in [3.8, 4) is 0 Å². The maximum atomic E-state index is 12.3. The standard InChI is InChI=1S/C14H14F5NO3/c15-11(16)7-10(13(22)23)20-12(21)9-4-2-1-3-8(9)5-6-14(17,18)19/h1-4,10-11H,5-7H2,(H,20,21)(H,22,23). The Kier molecular flexibility index (Phi) is 6.47. The summed E-state index contributed by atoms with van der Waals surface area (Å²) in [4.78, 5) is 22.8. The number of nitrogens with one attached hydrogen (secondary N) is 1. The second-order valence-corrected chi connectivity index (χ2v) is 4.76. The van der Waals surface area contributed by atoms with Crippen LogP contribution in [0.5, 0.6) is 0 Å². The van der Waals surface area contributed by atoms with Crippen LogP contribution in [-0.2, 0) is 11.2 Å². The average molecular weight is 339 g/mol. The molecule has 128 valence electrons. The zero-order valence-corrected chi connectivity index (χ0v) is 11.7. The van der Waals surface area contributed by atoms with Gasteiger partial charge in [0.25, 0.3) is 5.91 Å². The molecule has 0 radical (unpaired) electrons. The van der Waals surface area contributed by atoms with Crippen molar-refractivity contribution in [3.05, 3.63) is 35.4 Å². The molecule has 1 aromatic rings. The lowest BCUT2D eigenvalue weighted by molar-refractivity contribution is -0.140. The molecule has 0 saturated heterocycles. The van der Waals surface area contributed by atoms with Gasteiger partial charge in [-0.15, -0.1) is 0 Å². The summed E-state index contributed by atoms with van der Waals surface area (Å²) in [6.45, 7) is 0. The number of hydrogen-bond donors (Lipinski definition) is 2. The predicted octanol–water partition coefficient (Wildman–Crippen LogP) is 3.02. The fourth-order valence-electron chi connectivity index (χ4n) is 1.87. The molecule has 1 atom stereocenters. The number of carboxylic acids is 1. The highest BCUT2D eigenvalue weighted by Gasteiger charge is 2.28. The van der Waals surface area contributed by atoms with Crippen LogP contribution >= 0.6 is 0 Å². The number of benzene rings is 1. The SMILES string of the molecule is O=C(NC(CC(F)F)C(=O)O)c1ccccc1CCC(F)(F)F. The average Bonchev–Trinajstić information content (AvgIpc) is 2.43. The summed E-state index contributed by atoms with van der Waals surface area (Å²) in [5.41, 5.74) is -0.110. The van der Waals surface area contributed by atoms with Crippen molar-refractivity contribution in [1.82, 2.24) is 5.32 Å². The zero-order valence-electron chi connectivity index (χ0n) is 11.7. The topological polar surface area (TPSA) is 66.4 Å². The van der Waals surface area contributed by atoms with Crippen LogP contribution in [0.4, 0.5) is 22.0 Å². The first kappa shape index (κ1) is 18.9. The highest BCUT2D eigenvalue weighted by Crippen LogP contribution is 2.23. The molecule has 0 spiro atoms. The molecule has 0 heterocycles. The van der Waals surface area contributed by atoms with Crippen molar-refractivity contribution in [1.29, 1.82) is 0 Å². The molecule has 23 heavy (non-hydrogen) atoms. The predicted molar refractivity (Wildman–Crippen MR) is 70.3 cm³/mol. The number of aryl methyl sites for hydroxylation is 1. The smallest absolute Gasteiger partial charge is 0.389 e. The molecule has 0 aromatic heterocycles. The summed E-state index contributed by atoms with van der Waals surface area (Å²) in [5, 5.41) is 10.7. The van der Waals surface area contributed by atoms with Crippen LogP contribution in [0.3, 0.4) is 0 Å². The van der Waals surface area contributed by atoms with E-state index in [2.05, 4.69) is 0 Å². The van der Waals surface area contributed by atoms with Crippen LogP contribution in [0.1, 0.15) is 28.8 Å². The number of carbonyl (C=O) groups is 2. The Labute approximate surface area is 128 Å². The van der Waals surface area contributed by atoms with E-state index >= 15 is 0 Å². The van der Waals surface area contributed by atoms with Gasteiger partial charge in [0.2, 0.25) is 6.43 Å². The summed E-state index contributed by atoms with van der Waals surface area (Å²) in [7, 11) is 0. The summed E-state index contributed by atoms with van der Waals surface area (Å²) in [5.74, 6) is -2.65. The number of carbonyl (C=O) groups excluding carboxylic acids is 1. The van der Waals surface area contributed by atoms with E-state index in [0.29, 0.717) is 0 Å². The number of hydrogen-bond acceptors (Lipinski definition) is 2. The van der Waals surface area contributed by atoms with Crippen LogP contribution in [-0.4, -0.2) is 35.6 Å². The highest BCUT2D eigenvalue weighted by atomic mass is 19.4. The Morgan fingerprint density at radius 3 is 2.30 bits per heavy atom. The molecule has 0 saturated carbocycles. The van der Waals surface area contributed by atoms with Gasteiger partial charge in [-0.3, -0.25) is 4.79 Å². The molecule has 0 aliphatic heterocycles. The minimum atomic E-state index is -4.41. The lowest BCUT2D eigenvalue weighted by atomic mass is 10.0. The van der Waals surface area contributed by atoms with Gasteiger partial charge >= 0.3 is 12.1 Å². The van der Waals surface area contributed by atoms with Crippen LogP contribution in [0.2, 0.25) is 0 Å². The molecule has 1 aromatic carbocycles. The van der Waals surface area contributed by atoms with E-state index in [1.165, 1.54) is 24.3 Å². The van der Waals surface area contributed by atoms with Gasteiger partial charge in [0.05, 0.1) is 0 Å². The number of aliphatic carboxylic acids is 1. The third-order valence-electron chi connectivity index (χ3n) is 2.96. The minimum absolute atomic E-state index is 0.0588. The first-order valence-electron chi connectivity index (χ1n) is 6.56. The summed E-state index contributed by atoms with van der Waals surface area (Å²) in [6.07, 6.45) is -10.1. The molecule has 9 heteroatoms. The van der Waals surface area contributed by atoms with E-state index in [1.54, 1.807) is 0 Å². The Balaban J connectivity index is 2.88. The second kappa shape index (κ2) is 7.89. The van der Waals surface area contributed by atoms with Gasteiger partial charge in [-0.25, -0.2) is 13.6 Å². The lowest BCUT2D eigenvalue weighted by Gasteiger charge is -2.16. The van der Waals surface area contributed by atoms with Crippen LogP contribution in [0.15, 0.2) is 24.3 Å². The van der Waals surface area contributed by atoms with Gasteiger partial charge in [0.1, 0.15) is 6.04 Å². The van der Waals surface area contributed by atoms with E-state index in [1.807, 2.05) is 5.32 Å². The van der Waals surface area contributed by atoms with Crippen molar-refractivity contribution < 1.29 is 36.6 Å². The van der Waals surface area contributed by atoms with Crippen LogP contribution in [0, 0.1) is 0 Å². The zero-order chi connectivity index (χ0) is 17.6. The van der Waals surface area contributed by atoms with Crippen LogP contribution in [0.25, 0.3) is 0 Å². The van der Waals surface area contributed by atoms with Crippen molar-refractivity contribution in [2.24, 2.45) is 0 Å². The molecule has 0 aliphatic rings. The van der Waals surface area contributed by atoms with E-state index < -0.39 is 49.8 Å². The number of carboxylic acid groups (broad SMARTS) is 1. The number of amides is 1. The molecule has 0 fully saturated rings. The van der Waals surface area contributed by atoms with Crippen molar-refractivity contribution >= 4 is 11.9 Å². The normalized spacial score (nSPS) is 13.0. The largest absolute Gasteiger partial charge is 0.480 e. The van der Waals surface area contributed by atoms with E-state index in [4.69, 9.17) is 5.11 Å². The lowest BCUT2D eigenvalue weighted by Crippen LogP contribution is -2.42. The molecule has 0 bridgehead atoms. The molecule has 1 rings (SSSR count). The third-order valence-corrected chi connectivity index (χ3v) is 2.96. The van der Waals surface area contributed by atoms with Crippen molar-refractivity contribution in [2.45, 2.75) is 37.9 Å². The Morgan fingerprint density at radius 2 is 1.78 bits per heavy atom. The monoisotopic (exact) mass is 339 g/mol. The van der Waals surface area contributed by atoms with Gasteiger partial charge in [0, 0.05) is 18.4 Å². The molecule has 4 nitrogen and oxygen atoms in total. The van der Waals surface area contributed by atoms with Gasteiger partial charge in [-0.2, -0.15) is 13.2 Å². The van der Waals surface area contributed by atoms with Crippen LogP contribution < -0.4 is 5.32 Å². The fourth-order valence-corrected chi connectivity index (χ4v) is 1.87. The second-order valence-electron chi connectivity index (χ2n) is 4.76. The van der Waals surface area contributed by atoms with Crippen molar-refractivity contribution in [3.63, 3.8) is 0 Å². The summed E-state index contributed by atoms with van der Waals surface area (Å²) in [6, 6.07) is 3.50. The van der Waals surface area contributed by atoms with Gasteiger partial charge < -0.3 is 10.4 Å². The van der Waals surface area contributed by atoms with Crippen molar-refractivity contribution in [2.75, 3.05) is 0 Å². The summed E-state index contributed by atoms with van der Waals surface area (Å²) < 4.78 is 61.4. The van der Waals surface area contributed by atoms with Gasteiger partial charge in [0.15, 0.2) is 0 Å². The molecular formula is C14H14F5NO3. The first-order chi connectivity index (χ1) is 10.6. The first-order valence-corrected chi connectivity index (χ1v) is 6.56. The number of alkyl halides is 5. The molecule has 0 aliphatic carbocycles. The Morgan fingerprint density at radius 1 is 1.17 bits per heavy atom. The summed E-state index contributed by atoms with van der Waals surface area (Å²) >= 11 is 0. The van der Waals surface area contributed by atoms with Gasteiger partial charge in [-0.05, 0) is 18.1 Å². The molecule has 2 N–H and O–H groups in total. The Bertz CT molecular complexity index is 560. The van der Waals surface area contributed by atoms with E-state index in [9.17, 15) is 31.5 Å². The van der Waals surface area contributed by atoms with E-state index in [-0.39, 0.29) is 11.1 Å².